The third-order valence-corrected chi connectivity index (χ3v) is 3.17. The molecule has 4 N–H and O–H groups in total. The first-order valence-corrected chi connectivity index (χ1v) is 6.24. The van der Waals surface area contributed by atoms with Crippen LogP contribution in [0, 0.1) is 0 Å². The summed E-state index contributed by atoms with van der Waals surface area (Å²) in [5.41, 5.74) is 3.77. The Bertz CT molecular complexity index is 461. The Morgan fingerprint density at radius 3 is 3.00 bits per heavy atom. The van der Waals surface area contributed by atoms with Gasteiger partial charge in [0.15, 0.2) is 0 Å². The fraction of sp³-hybridized carbons (Fsp3) is 0.500. The number of hydrogen-bond donors (Lipinski definition) is 3. The largest absolute Gasteiger partial charge is 0.347 e. The molecule has 98 valence electrons. The number of hydrazine groups is 1. The van der Waals surface area contributed by atoms with Gasteiger partial charge in [-0.1, -0.05) is 6.92 Å². The summed E-state index contributed by atoms with van der Waals surface area (Å²) in [4.78, 5) is 7.27. The van der Waals surface area contributed by atoms with Crippen LogP contribution in [-0.2, 0) is 6.42 Å². The van der Waals surface area contributed by atoms with Crippen LogP contribution >= 0.6 is 0 Å². The summed E-state index contributed by atoms with van der Waals surface area (Å²) in [6, 6.07) is 2.41. The molecule has 6 nitrogen and oxygen atoms in total. The molecule has 0 saturated carbocycles. The summed E-state index contributed by atoms with van der Waals surface area (Å²) < 4.78 is 1.99. The van der Waals surface area contributed by atoms with E-state index in [1.165, 1.54) is 0 Å². The molecule has 0 amide bonds. The van der Waals surface area contributed by atoms with Gasteiger partial charge in [0.25, 0.3) is 0 Å². The number of hydrogen-bond acceptors (Lipinski definition) is 4. The molecule has 0 spiro atoms. The second-order valence-corrected chi connectivity index (χ2v) is 4.44. The molecule has 0 aliphatic rings. The van der Waals surface area contributed by atoms with Gasteiger partial charge < -0.3 is 4.98 Å². The number of imidazole rings is 1. The van der Waals surface area contributed by atoms with Crippen molar-refractivity contribution in [2.45, 2.75) is 38.8 Å². The van der Waals surface area contributed by atoms with Crippen LogP contribution in [0.25, 0.3) is 0 Å². The molecule has 0 fully saturated rings. The van der Waals surface area contributed by atoms with Crippen molar-refractivity contribution in [2.24, 2.45) is 5.84 Å². The maximum Gasteiger partial charge on any atom is 0.124 e. The predicted octanol–water partition coefficient (Wildman–Crippen LogP) is 1.32. The smallest absolute Gasteiger partial charge is 0.124 e. The normalized spacial score (nSPS) is 14.6. The van der Waals surface area contributed by atoms with Gasteiger partial charge in [-0.05, 0) is 19.4 Å². The molecule has 2 aromatic heterocycles. The zero-order chi connectivity index (χ0) is 13.0. The number of aromatic nitrogens is 4. The number of aromatic amines is 1. The van der Waals surface area contributed by atoms with E-state index in [-0.39, 0.29) is 6.04 Å². The Morgan fingerprint density at radius 2 is 2.39 bits per heavy atom. The van der Waals surface area contributed by atoms with E-state index in [2.05, 4.69) is 34.3 Å². The van der Waals surface area contributed by atoms with E-state index in [1.807, 2.05) is 16.9 Å². The van der Waals surface area contributed by atoms with Crippen molar-refractivity contribution in [3.63, 3.8) is 0 Å². The SMILES string of the molecule is CCC(C)n1ccc(CC(NN)c2ncc[nH]2)n1. The highest BCUT2D eigenvalue weighted by Crippen LogP contribution is 2.15. The minimum absolute atomic E-state index is 0.0414. The van der Waals surface area contributed by atoms with Gasteiger partial charge in [0.2, 0.25) is 0 Å². The van der Waals surface area contributed by atoms with Crippen LogP contribution in [0.15, 0.2) is 24.7 Å². The van der Waals surface area contributed by atoms with Crippen molar-refractivity contribution in [3.8, 4) is 0 Å². The zero-order valence-corrected chi connectivity index (χ0v) is 10.8. The van der Waals surface area contributed by atoms with Crippen LogP contribution < -0.4 is 11.3 Å². The third-order valence-electron chi connectivity index (χ3n) is 3.17. The van der Waals surface area contributed by atoms with E-state index >= 15 is 0 Å². The quantitative estimate of drug-likeness (QED) is 0.532. The standard InChI is InChI=1S/C12H20N6/c1-3-9(2)18-7-4-10(17-18)8-11(16-13)12-14-5-6-15-12/h4-7,9,11,16H,3,8,13H2,1-2H3,(H,14,15). The summed E-state index contributed by atoms with van der Waals surface area (Å²) >= 11 is 0. The molecule has 0 saturated heterocycles. The van der Waals surface area contributed by atoms with Crippen molar-refractivity contribution in [2.75, 3.05) is 0 Å². The Morgan fingerprint density at radius 1 is 1.56 bits per heavy atom. The number of rotatable bonds is 6. The molecule has 0 aliphatic carbocycles. The van der Waals surface area contributed by atoms with Crippen LogP contribution in [-0.4, -0.2) is 19.7 Å². The van der Waals surface area contributed by atoms with Gasteiger partial charge in [-0.25, -0.2) is 10.4 Å². The number of H-pyrrole nitrogens is 1. The Balaban J connectivity index is 2.06. The van der Waals surface area contributed by atoms with Gasteiger partial charge >= 0.3 is 0 Å². The molecule has 2 aromatic rings. The van der Waals surface area contributed by atoms with Gasteiger partial charge in [0, 0.05) is 31.1 Å². The van der Waals surface area contributed by atoms with Crippen molar-refractivity contribution in [3.05, 3.63) is 36.2 Å². The average Bonchev–Trinajstić information content (AvgIpc) is 3.05. The maximum absolute atomic E-state index is 5.56. The van der Waals surface area contributed by atoms with Crippen molar-refractivity contribution in [1.29, 1.82) is 0 Å². The monoisotopic (exact) mass is 248 g/mol. The number of nitrogens with two attached hydrogens (primary N) is 1. The maximum atomic E-state index is 5.56. The zero-order valence-electron chi connectivity index (χ0n) is 10.8. The molecule has 0 bridgehead atoms. The van der Waals surface area contributed by atoms with Crippen LogP contribution in [0.1, 0.15) is 43.9 Å². The van der Waals surface area contributed by atoms with Crippen molar-refractivity contribution >= 4 is 0 Å². The highest BCUT2D eigenvalue weighted by molar-refractivity contribution is 5.06. The minimum atomic E-state index is -0.0414. The fourth-order valence-corrected chi connectivity index (χ4v) is 1.83. The highest BCUT2D eigenvalue weighted by Gasteiger charge is 2.15. The van der Waals surface area contributed by atoms with Crippen LogP contribution in [0.2, 0.25) is 0 Å². The molecule has 2 heterocycles. The summed E-state index contributed by atoms with van der Waals surface area (Å²) in [6.07, 6.45) is 7.30. The van der Waals surface area contributed by atoms with E-state index in [1.54, 1.807) is 12.4 Å². The lowest BCUT2D eigenvalue weighted by atomic mass is 10.1. The fourth-order valence-electron chi connectivity index (χ4n) is 1.83. The molecular weight excluding hydrogens is 228 g/mol. The molecule has 0 aliphatic heterocycles. The van der Waals surface area contributed by atoms with Crippen LogP contribution in [0.4, 0.5) is 0 Å². The first-order chi connectivity index (χ1) is 8.74. The second kappa shape index (κ2) is 5.79. The number of nitrogens with zero attached hydrogens (tertiary/aromatic N) is 3. The Hall–Kier alpha value is -1.66. The minimum Gasteiger partial charge on any atom is -0.347 e. The molecular formula is C12H20N6. The van der Waals surface area contributed by atoms with Gasteiger partial charge in [0.05, 0.1) is 11.7 Å². The first-order valence-electron chi connectivity index (χ1n) is 6.24. The first kappa shape index (κ1) is 12.8. The Kier molecular flexibility index (Phi) is 4.11. The summed E-state index contributed by atoms with van der Waals surface area (Å²) in [6.45, 7) is 4.31. The topological polar surface area (TPSA) is 84.5 Å². The average molecular weight is 248 g/mol. The molecule has 2 atom stereocenters. The summed E-state index contributed by atoms with van der Waals surface area (Å²) in [5, 5.41) is 4.56. The lowest BCUT2D eigenvalue weighted by Gasteiger charge is -2.12. The van der Waals surface area contributed by atoms with E-state index in [0.717, 1.165) is 17.9 Å². The molecule has 2 rings (SSSR count). The van der Waals surface area contributed by atoms with Crippen molar-refractivity contribution in [1.82, 2.24) is 25.2 Å². The predicted molar refractivity (Wildman–Crippen MR) is 69.6 cm³/mol. The van der Waals surface area contributed by atoms with E-state index in [0.29, 0.717) is 12.5 Å². The van der Waals surface area contributed by atoms with Crippen molar-refractivity contribution < 1.29 is 0 Å². The highest BCUT2D eigenvalue weighted by atomic mass is 15.3. The molecule has 6 heteroatoms. The lowest BCUT2D eigenvalue weighted by Crippen LogP contribution is -2.30. The van der Waals surface area contributed by atoms with E-state index < -0.39 is 0 Å². The van der Waals surface area contributed by atoms with Gasteiger partial charge in [-0.2, -0.15) is 5.10 Å². The molecule has 0 aromatic carbocycles. The summed E-state index contributed by atoms with van der Waals surface area (Å²) in [5.74, 6) is 6.39. The molecule has 18 heavy (non-hydrogen) atoms. The molecule has 0 radical (unpaired) electrons. The van der Waals surface area contributed by atoms with Gasteiger partial charge in [-0.3, -0.25) is 10.5 Å². The van der Waals surface area contributed by atoms with Crippen LogP contribution in [0.5, 0.6) is 0 Å². The lowest BCUT2D eigenvalue weighted by molar-refractivity contribution is 0.464. The van der Waals surface area contributed by atoms with Gasteiger partial charge in [-0.15, -0.1) is 0 Å². The number of nitrogens with one attached hydrogen (secondary N) is 2. The molecule has 2 unspecified atom stereocenters. The van der Waals surface area contributed by atoms with Crippen LogP contribution in [0.3, 0.4) is 0 Å². The second-order valence-electron chi connectivity index (χ2n) is 4.44. The van der Waals surface area contributed by atoms with E-state index in [4.69, 9.17) is 5.84 Å². The Labute approximate surface area is 107 Å². The van der Waals surface area contributed by atoms with Gasteiger partial charge in [0.1, 0.15) is 5.82 Å². The summed E-state index contributed by atoms with van der Waals surface area (Å²) in [7, 11) is 0. The van der Waals surface area contributed by atoms with E-state index in [9.17, 15) is 0 Å². The third kappa shape index (κ3) is 2.77.